The zero-order valence-corrected chi connectivity index (χ0v) is 22.2. The Bertz CT molecular complexity index is 1440. The van der Waals surface area contributed by atoms with Gasteiger partial charge in [0.25, 0.3) is 0 Å². The van der Waals surface area contributed by atoms with E-state index in [-0.39, 0.29) is 17.7 Å². The van der Waals surface area contributed by atoms with Crippen LogP contribution in [0.1, 0.15) is 30.1 Å². The molecule has 8 nitrogen and oxygen atoms in total. The van der Waals surface area contributed by atoms with Crippen molar-refractivity contribution >= 4 is 23.3 Å². The van der Waals surface area contributed by atoms with Gasteiger partial charge in [0.05, 0.1) is 18.8 Å². The number of methoxy groups -OCH3 is 1. The summed E-state index contributed by atoms with van der Waals surface area (Å²) in [5.74, 6) is -0.316. The smallest absolute Gasteiger partial charge is 0.350 e. The SMILES string of the molecule is COC(=O)C(c1ccccc1Cl)N1CCN(c2ccc(-n3cnn(C(C)c4ccccc4)c3=O)cc2)CC1. The number of hydrogen-bond acceptors (Lipinski definition) is 6. The number of carbonyl (C=O) groups is 1. The Balaban J connectivity index is 1.28. The summed E-state index contributed by atoms with van der Waals surface area (Å²) in [5, 5.41) is 4.92. The van der Waals surface area contributed by atoms with E-state index in [1.165, 1.54) is 11.8 Å². The topological polar surface area (TPSA) is 72.6 Å². The fourth-order valence-electron chi connectivity index (χ4n) is 4.98. The zero-order valence-electron chi connectivity index (χ0n) is 21.4. The maximum atomic E-state index is 13.1. The van der Waals surface area contributed by atoms with Gasteiger partial charge in [0, 0.05) is 36.9 Å². The molecule has 0 saturated carbocycles. The number of benzene rings is 3. The fourth-order valence-corrected chi connectivity index (χ4v) is 5.21. The first kappa shape index (κ1) is 25.8. The molecule has 1 saturated heterocycles. The van der Waals surface area contributed by atoms with E-state index in [0.29, 0.717) is 18.1 Å². The second-order valence-corrected chi connectivity index (χ2v) is 9.71. The third-order valence-corrected chi connectivity index (χ3v) is 7.48. The normalized spacial score (nSPS) is 15.7. The largest absolute Gasteiger partial charge is 0.468 e. The van der Waals surface area contributed by atoms with Gasteiger partial charge < -0.3 is 9.64 Å². The molecule has 2 unspecified atom stereocenters. The molecule has 196 valence electrons. The van der Waals surface area contributed by atoms with Crippen LogP contribution in [0.3, 0.4) is 0 Å². The molecule has 0 N–H and O–H groups in total. The number of rotatable bonds is 7. The van der Waals surface area contributed by atoms with Crippen LogP contribution in [0.4, 0.5) is 5.69 Å². The highest BCUT2D eigenvalue weighted by molar-refractivity contribution is 6.31. The van der Waals surface area contributed by atoms with Gasteiger partial charge >= 0.3 is 11.7 Å². The molecular formula is C29H30ClN5O3. The number of ether oxygens (including phenoxy) is 1. The first-order valence-electron chi connectivity index (χ1n) is 12.6. The highest BCUT2D eigenvalue weighted by atomic mass is 35.5. The Hall–Kier alpha value is -3.88. The number of esters is 1. The molecule has 0 aliphatic carbocycles. The van der Waals surface area contributed by atoms with Gasteiger partial charge in [0.2, 0.25) is 0 Å². The van der Waals surface area contributed by atoms with E-state index in [1.807, 2.05) is 79.7 Å². The van der Waals surface area contributed by atoms with E-state index in [1.54, 1.807) is 17.0 Å². The molecule has 9 heteroatoms. The minimum Gasteiger partial charge on any atom is -0.468 e. The molecule has 0 amide bonds. The summed E-state index contributed by atoms with van der Waals surface area (Å²) >= 11 is 6.42. The lowest BCUT2D eigenvalue weighted by Gasteiger charge is -2.39. The number of aromatic nitrogens is 3. The summed E-state index contributed by atoms with van der Waals surface area (Å²) in [7, 11) is 1.40. The Labute approximate surface area is 226 Å². The summed E-state index contributed by atoms with van der Waals surface area (Å²) in [4.78, 5) is 30.1. The van der Waals surface area contributed by atoms with Crippen LogP contribution in [0.25, 0.3) is 5.69 Å². The van der Waals surface area contributed by atoms with Crippen LogP contribution in [0.15, 0.2) is 90.0 Å². The van der Waals surface area contributed by atoms with Gasteiger partial charge in [-0.05, 0) is 48.4 Å². The van der Waals surface area contributed by atoms with E-state index in [0.717, 1.165) is 35.6 Å². The summed E-state index contributed by atoms with van der Waals surface area (Å²) in [6.45, 7) is 4.80. The number of anilines is 1. The Morgan fingerprint density at radius 1 is 0.895 bits per heavy atom. The Kier molecular flexibility index (Phi) is 7.62. The molecule has 1 aliphatic rings. The van der Waals surface area contributed by atoms with Gasteiger partial charge in [-0.3, -0.25) is 4.90 Å². The average molecular weight is 532 g/mol. The predicted octanol–water partition coefficient (Wildman–Crippen LogP) is 4.33. The fraction of sp³-hybridized carbons (Fsp3) is 0.276. The molecule has 2 heterocycles. The quantitative estimate of drug-likeness (QED) is 0.330. The lowest BCUT2D eigenvalue weighted by molar-refractivity contribution is -0.147. The van der Waals surface area contributed by atoms with Crippen molar-refractivity contribution in [1.29, 1.82) is 0 Å². The van der Waals surface area contributed by atoms with E-state index in [4.69, 9.17) is 16.3 Å². The van der Waals surface area contributed by atoms with Crippen LogP contribution in [0.2, 0.25) is 5.02 Å². The maximum Gasteiger partial charge on any atom is 0.350 e. The van der Waals surface area contributed by atoms with Crippen molar-refractivity contribution in [3.63, 3.8) is 0 Å². The molecule has 0 radical (unpaired) electrons. The first-order chi connectivity index (χ1) is 18.5. The number of hydrogen-bond donors (Lipinski definition) is 0. The monoisotopic (exact) mass is 531 g/mol. The van der Waals surface area contributed by atoms with E-state index in [9.17, 15) is 9.59 Å². The number of piperazine rings is 1. The van der Waals surface area contributed by atoms with Gasteiger partial charge in [0.1, 0.15) is 12.4 Å². The van der Waals surface area contributed by atoms with Crippen molar-refractivity contribution in [3.8, 4) is 5.69 Å². The van der Waals surface area contributed by atoms with Crippen LogP contribution in [0, 0.1) is 0 Å². The zero-order chi connectivity index (χ0) is 26.6. The molecule has 5 rings (SSSR count). The second kappa shape index (κ2) is 11.2. The molecule has 1 fully saturated rings. The van der Waals surface area contributed by atoms with Gasteiger partial charge in [-0.1, -0.05) is 60.1 Å². The Morgan fingerprint density at radius 2 is 1.53 bits per heavy atom. The van der Waals surface area contributed by atoms with Crippen molar-refractivity contribution in [2.45, 2.75) is 19.0 Å². The third kappa shape index (κ3) is 5.10. The van der Waals surface area contributed by atoms with Crippen molar-refractivity contribution in [2.24, 2.45) is 0 Å². The van der Waals surface area contributed by atoms with Crippen LogP contribution >= 0.6 is 11.6 Å². The minimum atomic E-state index is -0.542. The number of nitrogens with zero attached hydrogens (tertiary/aromatic N) is 5. The third-order valence-electron chi connectivity index (χ3n) is 7.14. The van der Waals surface area contributed by atoms with Gasteiger partial charge in [-0.25, -0.2) is 18.8 Å². The van der Waals surface area contributed by atoms with Crippen LogP contribution in [-0.4, -0.2) is 58.5 Å². The highest BCUT2D eigenvalue weighted by Crippen LogP contribution is 2.30. The van der Waals surface area contributed by atoms with Crippen molar-refractivity contribution in [3.05, 3.63) is 112 Å². The Morgan fingerprint density at radius 3 is 2.18 bits per heavy atom. The molecule has 1 aromatic heterocycles. The minimum absolute atomic E-state index is 0.167. The molecule has 3 aromatic carbocycles. The van der Waals surface area contributed by atoms with Gasteiger partial charge in [-0.15, -0.1) is 0 Å². The second-order valence-electron chi connectivity index (χ2n) is 9.30. The molecule has 4 aromatic rings. The van der Waals surface area contributed by atoms with Crippen molar-refractivity contribution < 1.29 is 9.53 Å². The van der Waals surface area contributed by atoms with E-state index in [2.05, 4.69) is 14.9 Å². The number of halogens is 1. The lowest BCUT2D eigenvalue weighted by Crippen LogP contribution is -2.49. The van der Waals surface area contributed by atoms with E-state index < -0.39 is 6.04 Å². The molecule has 0 bridgehead atoms. The van der Waals surface area contributed by atoms with Crippen LogP contribution < -0.4 is 10.6 Å². The highest BCUT2D eigenvalue weighted by Gasteiger charge is 2.32. The predicted molar refractivity (Wildman–Crippen MR) is 148 cm³/mol. The molecule has 38 heavy (non-hydrogen) atoms. The molecule has 0 spiro atoms. The summed E-state index contributed by atoms with van der Waals surface area (Å²) < 4.78 is 8.17. The summed E-state index contributed by atoms with van der Waals surface area (Å²) in [5.41, 5.74) is 3.41. The van der Waals surface area contributed by atoms with Crippen molar-refractivity contribution in [2.75, 3.05) is 38.2 Å². The molecule has 1 aliphatic heterocycles. The first-order valence-corrected chi connectivity index (χ1v) is 13.0. The maximum absolute atomic E-state index is 13.1. The van der Waals surface area contributed by atoms with Crippen molar-refractivity contribution in [1.82, 2.24) is 19.2 Å². The number of carbonyl (C=O) groups excluding carboxylic acids is 1. The molecular weight excluding hydrogens is 502 g/mol. The average Bonchev–Trinajstić information content (AvgIpc) is 3.35. The van der Waals surface area contributed by atoms with Gasteiger partial charge in [0.15, 0.2) is 0 Å². The molecule has 2 atom stereocenters. The van der Waals surface area contributed by atoms with Crippen LogP contribution in [-0.2, 0) is 9.53 Å². The lowest BCUT2D eigenvalue weighted by atomic mass is 10.0. The van der Waals surface area contributed by atoms with E-state index >= 15 is 0 Å². The summed E-state index contributed by atoms with van der Waals surface area (Å²) in [6, 6.07) is 24.4. The summed E-state index contributed by atoms with van der Waals surface area (Å²) in [6.07, 6.45) is 1.57. The van der Waals surface area contributed by atoms with Crippen LogP contribution in [0.5, 0.6) is 0 Å². The standard InChI is InChI=1S/C29H30ClN5O3/c1-21(22-8-4-3-5-9-22)35-29(37)34(20-31-35)24-14-12-23(13-15-24)32-16-18-33(19-17-32)27(28(36)38-2)25-10-6-7-11-26(25)30/h3-15,20-21,27H,16-19H2,1-2H3. The van der Waals surface area contributed by atoms with Gasteiger partial charge in [-0.2, -0.15) is 5.10 Å².